The Hall–Kier alpha value is -0.810. The summed E-state index contributed by atoms with van der Waals surface area (Å²) >= 11 is 0. The van der Waals surface area contributed by atoms with Crippen LogP contribution in [-0.2, 0) is 42.7 Å². The molecule has 0 aliphatic carbocycles. The number of esters is 1. The van der Waals surface area contributed by atoms with Crippen molar-refractivity contribution in [2.45, 2.75) is 36.8 Å². The fraction of sp³-hybridized carbons (Fsp3) is 0.933. The zero-order valence-electron chi connectivity index (χ0n) is 15.1. The molecule has 6 atom stereocenters. The van der Waals surface area contributed by atoms with Crippen molar-refractivity contribution in [3.63, 3.8) is 0 Å². The summed E-state index contributed by atoms with van der Waals surface area (Å²) in [7, 11) is 8.89. The summed E-state index contributed by atoms with van der Waals surface area (Å²) in [5.74, 6) is -0.568. The van der Waals surface area contributed by atoms with Crippen LogP contribution in [0, 0.1) is 0 Å². The second-order valence-corrected chi connectivity index (χ2v) is 5.20. The first-order valence-corrected chi connectivity index (χ1v) is 7.52. The van der Waals surface area contributed by atoms with E-state index in [1.54, 1.807) is 21.3 Å². The van der Waals surface area contributed by atoms with Crippen LogP contribution in [0.3, 0.4) is 0 Å². The molecule has 0 spiro atoms. The van der Waals surface area contributed by atoms with Gasteiger partial charge in [-0.3, -0.25) is 0 Å². The van der Waals surface area contributed by atoms with Crippen molar-refractivity contribution >= 4 is 5.97 Å². The predicted octanol–water partition coefficient (Wildman–Crippen LogP) is -0.393. The molecule has 1 unspecified atom stereocenters. The molecule has 0 radical (unpaired) electrons. The summed E-state index contributed by atoms with van der Waals surface area (Å²) in [5.41, 5.74) is 0. The molecule has 1 aliphatic rings. The smallest absolute Gasteiger partial charge is 0.337 e. The van der Waals surface area contributed by atoms with E-state index in [1.807, 2.05) is 0 Å². The minimum absolute atomic E-state index is 0.0171. The van der Waals surface area contributed by atoms with Gasteiger partial charge in [-0.2, -0.15) is 0 Å². The molecule has 1 rings (SSSR count). The van der Waals surface area contributed by atoms with Crippen LogP contribution in [0.25, 0.3) is 0 Å². The fourth-order valence-corrected chi connectivity index (χ4v) is 2.70. The van der Waals surface area contributed by atoms with Crippen LogP contribution >= 0.6 is 0 Å². The maximum absolute atomic E-state index is 11.8. The largest absolute Gasteiger partial charge is 0.467 e. The molecule has 0 aromatic carbocycles. The monoisotopic (exact) mass is 352 g/mol. The molecule has 24 heavy (non-hydrogen) atoms. The Kier molecular flexibility index (Phi) is 9.67. The first-order chi connectivity index (χ1) is 11.6. The molecular formula is C15H28O9. The Morgan fingerprint density at radius 2 is 1.54 bits per heavy atom. The van der Waals surface area contributed by atoms with Gasteiger partial charge >= 0.3 is 5.97 Å². The van der Waals surface area contributed by atoms with Gasteiger partial charge in [0.2, 0.25) is 0 Å². The van der Waals surface area contributed by atoms with Crippen LogP contribution in [0.1, 0.15) is 0 Å². The van der Waals surface area contributed by atoms with Crippen molar-refractivity contribution in [3.8, 4) is 0 Å². The number of ether oxygens (including phenoxy) is 8. The molecule has 1 fully saturated rings. The highest BCUT2D eigenvalue weighted by molar-refractivity contribution is 5.74. The standard InChI is InChI=1S/C15H28O9/c1-17-7-9-11(19-3)12(20-4)13(21-5)15(23-9)24-10(8-18-2)14(16)22-6/h9-13,15H,7-8H2,1-6H3/t9-,10?,11-,12-,13+,15+/m0/s1. The van der Waals surface area contributed by atoms with Gasteiger partial charge in [-0.25, -0.2) is 4.79 Å². The highest BCUT2D eigenvalue weighted by atomic mass is 16.7. The Balaban J connectivity index is 2.98. The number of hydrogen-bond acceptors (Lipinski definition) is 9. The lowest BCUT2D eigenvalue weighted by Gasteiger charge is -2.44. The highest BCUT2D eigenvalue weighted by Crippen LogP contribution is 2.28. The molecule has 0 N–H and O–H groups in total. The van der Waals surface area contributed by atoms with Crippen LogP contribution in [0.5, 0.6) is 0 Å². The van der Waals surface area contributed by atoms with Gasteiger partial charge in [-0.15, -0.1) is 0 Å². The molecule has 1 aliphatic heterocycles. The summed E-state index contributed by atoms with van der Waals surface area (Å²) in [5, 5.41) is 0. The molecule has 0 aromatic heterocycles. The van der Waals surface area contributed by atoms with E-state index >= 15 is 0 Å². The van der Waals surface area contributed by atoms with Gasteiger partial charge in [0.1, 0.15) is 24.4 Å². The van der Waals surface area contributed by atoms with Crippen molar-refractivity contribution in [2.24, 2.45) is 0 Å². The molecule has 0 bridgehead atoms. The molecular weight excluding hydrogens is 324 g/mol. The number of rotatable bonds is 10. The summed E-state index contributed by atoms with van der Waals surface area (Å²) in [6.45, 7) is 0.283. The molecule has 9 heteroatoms. The molecule has 1 saturated heterocycles. The summed E-state index contributed by atoms with van der Waals surface area (Å²) < 4.78 is 43.0. The molecule has 0 aromatic rings. The topological polar surface area (TPSA) is 90.9 Å². The van der Waals surface area contributed by atoms with Crippen LogP contribution in [0.4, 0.5) is 0 Å². The van der Waals surface area contributed by atoms with Crippen LogP contribution in [0.2, 0.25) is 0 Å². The average Bonchev–Trinajstić information content (AvgIpc) is 2.60. The number of carbonyl (C=O) groups is 1. The lowest BCUT2D eigenvalue weighted by Crippen LogP contribution is -2.62. The molecule has 1 heterocycles. The zero-order chi connectivity index (χ0) is 18.1. The average molecular weight is 352 g/mol. The lowest BCUT2D eigenvalue weighted by atomic mass is 9.98. The quantitative estimate of drug-likeness (QED) is 0.487. The SMILES string of the molecule is COCC(O[C@H]1O[C@@H](COC)[C@H](OC)[C@H](OC)[C@H]1OC)C(=O)OC. The third-order valence-electron chi connectivity index (χ3n) is 3.82. The van der Waals surface area contributed by atoms with E-state index in [4.69, 9.17) is 37.9 Å². The predicted molar refractivity (Wildman–Crippen MR) is 81.7 cm³/mol. The first kappa shape index (κ1) is 21.2. The zero-order valence-corrected chi connectivity index (χ0v) is 15.1. The van der Waals surface area contributed by atoms with Crippen molar-refractivity contribution in [1.29, 1.82) is 0 Å². The van der Waals surface area contributed by atoms with E-state index < -0.39 is 42.8 Å². The molecule has 9 nitrogen and oxygen atoms in total. The van der Waals surface area contributed by atoms with Gasteiger partial charge in [-0.05, 0) is 0 Å². The fourth-order valence-electron chi connectivity index (χ4n) is 2.70. The van der Waals surface area contributed by atoms with Gasteiger partial charge < -0.3 is 37.9 Å². The van der Waals surface area contributed by atoms with Crippen LogP contribution in [0.15, 0.2) is 0 Å². The second-order valence-electron chi connectivity index (χ2n) is 5.20. The Morgan fingerprint density at radius 1 is 0.917 bits per heavy atom. The molecule has 142 valence electrons. The Bertz CT molecular complexity index is 365. The van der Waals surface area contributed by atoms with Gasteiger partial charge in [-0.1, -0.05) is 0 Å². The van der Waals surface area contributed by atoms with Gasteiger partial charge in [0.15, 0.2) is 12.4 Å². The molecule has 0 amide bonds. The minimum Gasteiger partial charge on any atom is -0.467 e. The van der Waals surface area contributed by atoms with Crippen molar-refractivity contribution < 1.29 is 42.7 Å². The maximum Gasteiger partial charge on any atom is 0.337 e. The van der Waals surface area contributed by atoms with E-state index in [0.29, 0.717) is 0 Å². The van der Waals surface area contributed by atoms with Gasteiger partial charge in [0.05, 0.1) is 20.3 Å². The van der Waals surface area contributed by atoms with Crippen molar-refractivity contribution in [2.75, 3.05) is 55.9 Å². The van der Waals surface area contributed by atoms with E-state index in [0.717, 1.165) is 0 Å². The van der Waals surface area contributed by atoms with Crippen molar-refractivity contribution in [3.05, 3.63) is 0 Å². The lowest BCUT2D eigenvalue weighted by molar-refractivity contribution is -0.322. The van der Waals surface area contributed by atoms with Gasteiger partial charge in [0, 0.05) is 35.5 Å². The molecule has 0 saturated carbocycles. The number of methoxy groups -OCH3 is 6. The summed E-state index contributed by atoms with van der Waals surface area (Å²) in [6, 6.07) is 0. The third kappa shape index (κ3) is 5.09. The third-order valence-corrected chi connectivity index (χ3v) is 3.82. The van der Waals surface area contributed by atoms with E-state index in [-0.39, 0.29) is 13.2 Å². The van der Waals surface area contributed by atoms with Crippen LogP contribution < -0.4 is 0 Å². The Labute approximate surface area is 142 Å². The van der Waals surface area contributed by atoms with E-state index in [1.165, 1.54) is 21.3 Å². The number of hydrogen-bond donors (Lipinski definition) is 0. The second kappa shape index (κ2) is 10.9. The van der Waals surface area contributed by atoms with Gasteiger partial charge in [0.25, 0.3) is 0 Å². The Morgan fingerprint density at radius 3 is 2.00 bits per heavy atom. The van der Waals surface area contributed by atoms with E-state index in [2.05, 4.69) is 0 Å². The van der Waals surface area contributed by atoms with E-state index in [9.17, 15) is 4.79 Å². The summed E-state index contributed by atoms with van der Waals surface area (Å²) in [4.78, 5) is 11.8. The number of carbonyl (C=O) groups excluding carboxylic acids is 1. The highest BCUT2D eigenvalue weighted by Gasteiger charge is 2.48. The first-order valence-electron chi connectivity index (χ1n) is 7.52. The van der Waals surface area contributed by atoms with Crippen LogP contribution in [-0.4, -0.2) is 98.7 Å². The normalized spacial score (nSPS) is 31.7. The summed E-state index contributed by atoms with van der Waals surface area (Å²) in [6.07, 6.45) is -3.80. The minimum atomic E-state index is -0.956. The maximum atomic E-state index is 11.8. The van der Waals surface area contributed by atoms with Crippen molar-refractivity contribution in [1.82, 2.24) is 0 Å².